The molecule has 4 nitrogen and oxygen atoms in total. The Kier molecular flexibility index (Phi) is 8.11. The van der Waals surface area contributed by atoms with Gasteiger partial charge in [-0.05, 0) is 24.6 Å². The van der Waals surface area contributed by atoms with Gasteiger partial charge in [-0.3, -0.25) is 0 Å². The molecule has 134 valence electrons. The van der Waals surface area contributed by atoms with E-state index in [1.54, 1.807) is 24.3 Å². The van der Waals surface area contributed by atoms with Gasteiger partial charge in [0.2, 0.25) is 0 Å². The van der Waals surface area contributed by atoms with Crippen LogP contribution < -0.4 is 0 Å². The van der Waals surface area contributed by atoms with E-state index in [1.165, 1.54) is 6.92 Å². The van der Waals surface area contributed by atoms with Crippen molar-refractivity contribution in [1.29, 1.82) is 0 Å². The van der Waals surface area contributed by atoms with Crippen LogP contribution in [0.3, 0.4) is 0 Å². The lowest BCUT2D eigenvalue weighted by molar-refractivity contribution is -0.117. The molecular weight excluding hydrogens is 328 g/mol. The monoisotopic (exact) mass is 350 g/mol. The number of hydrogen-bond donors (Lipinski definition) is 0. The first kappa shape index (κ1) is 19.4. The van der Waals surface area contributed by atoms with Crippen LogP contribution in [0.2, 0.25) is 0 Å². The summed E-state index contributed by atoms with van der Waals surface area (Å²) in [6.45, 7) is 2.21. The van der Waals surface area contributed by atoms with Crippen LogP contribution in [0.15, 0.2) is 60.7 Å². The Morgan fingerprint density at radius 1 is 1.00 bits per heavy atom. The molecular formula is C22H22O4. The Labute approximate surface area is 154 Å². The van der Waals surface area contributed by atoms with Gasteiger partial charge >= 0.3 is 5.97 Å². The Morgan fingerprint density at radius 2 is 1.65 bits per heavy atom. The fraction of sp³-hybridized carbons (Fsp3) is 0.273. The van der Waals surface area contributed by atoms with Crippen LogP contribution in [-0.2, 0) is 20.9 Å². The highest BCUT2D eigenvalue weighted by Gasteiger charge is 2.14. The molecule has 0 saturated heterocycles. The molecule has 4 heteroatoms. The van der Waals surface area contributed by atoms with Crippen LogP contribution in [0.4, 0.5) is 0 Å². The van der Waals surface area contributed by atoms with Gasteiger partial charge in [0, 0.05) is 12.8 Å². The quantitative estimate of drug-likeness (QED) is 0.413. The molecule has 1 unspecified atom stereocenters. The van der Waals surface area contributed by atoms with Crippen molar-refractivity contribution in [2.75, 3.05) is 6.61 Å². The van der Waals surface area contributed by atoms with Gasteiger partial charge in [0.15, 0.2) is 6.10 Å². The number of carbonyl (C=O) groups is 2. The van der Waals surface area contributed by atoms with Gasteiger partial charge in [-0.2, -0.15) is 0 Å². The Balaban J connectivity index is 1.88. The first-order valence-electron chi connectivity index (χ1n) is 8.50. The number of benzene rings is 2. The minimum absolute atomic E-state index is 0.0351. The average Bonchev–Trinajstić information content (AvgIpc) is 2.67. The molecule has 0 N–H and O–H groups in total. The third-order valence-electron chi connectivity index (χ3n) is 3.57. The lowest BCUT2D eigenvalue weighted by Crippen LogP contribution is -2.18. The maximum absolute atomic E-state index is 12.2. The topological polar surface area (TPSA) is 52.6 Å². The summed E-state index contributed by atoms with van der Waals surface area (Å²) in [7, 11) is 0. The van der Waals surface area contributed by atoms with Gasteiger partial charge < -0.3 is 14.3 Å². The summed E-state index contributed by atoms with van der Waals surface area (Å²) in [5.74, 6) is 5.36. The molecule has 2 aromatic rings. The fourth-order valence-corrected chi connectivity index (χ4v) is 2.22. The fourth-order valence-electron chi connectivity index (χ4n) is 2.22. The summed E-state index contributed by atoms with van der Waals surface area (Å²) < 4.78 is 10.9. The molecule has 0 heterocycles. The third kappa shape index (κ3) is 7.33. The average molecular weight is 350 g/mol. The molecule has 0 aromatic heterocycles. The van der Waals surface area contributed by atoms with Crippen LogP contribution in [0.5, 0.6) is 0 Å². The van der Waals surface area contributed by atoms with Crippen molar-refractivity contribution in [3.05, 3.63) is 71.8 Å². The molecule has 0 radical (unpaired) electrons. The zero-order chi connectivity index (χ0) is 18.6. The molecule has 2 rings (SSSR count). The summed E-state index contributed by atoms with van der Waals surface area (Å²) in [5, 5.41) is 0. The lowest BCUT2D eigenvalue weighted by atomic mass is 10.1. The standard InChI is InChI=1S/C22H22O4/c1-18(23)14-15-21(26-22(24)20-11-6-3-7-12-20)13-8-16-25-17-19-9-4-2-5-10-19/h2-7,9-12,21H,14-17H2,1H3. The van der Waals surface area contributed by atoms with Crippen molar-refractivity contribution in [2.24, 2.45) is 0 Å². The number of hydrogen-bond acceptors (Lipinski definition) is 4. The van der Waals surface area contributed by atoms with Gasteiger partial charge in [-0.15, -0.1) is 0 Å². The maximum Gasteiger partial charge on any atom is 0.339 e. The van der Waals surface area contributed by atoms with E-state index < -0.39 is 12.1 Å². The zero-order valence-electron chi connectivity index (χ0n) is 14.8. The second-order valence-electron chi connectivity index (χ2n) is 5.80. The van der Waals surface area contributed by atoms with Crippen molar-refractivity contribution in [3.8, 4) is 11.8 Å². The number of ketones is 1. The Bertz CT molecular complexity index is 757. The Hall–Kier alpha value is -2.90. The second kappa shape index (κ2) is 10.9. The van der Waals surface area contributed by atoms with Crippen LogP contribution in [-0.4, -0.2) is 24.5 Å². The van der Waals surface area contributed by atoms with Crippen LogP contribution in [0.25, 0.3) is 0 Å². The van der Waals surface area contributed by atoms with Crippen molar-refractivity contribution in [1.82, 2.24) is 0 Å². The number of ether oxygens (including phenoxy) is 2. The highest BCUT2D eigenvalue weighted by atomic mass is 16.5. The molecule has 0 aliphatic rings. The second-order valence-corrected chi connectivity index (χ2v) is 5.80. The van der Waals surface area contributed by atoms with Gasteiger partial charge in [-0.25, -0.2) is 4.79 Å². The van der Waals surface area contributed by atoms with Crippen LogP contribution >= 0.6 is 0 Å². The van der Waals surface area contributed by atoms with Gasteiger partial charge in [0.05, 0.1) is 12.2 Å². The highest BCUT2D eigenvalue weighted by Crippen LogP contribution is 2.08. The Morgan fingerprint density at radius 3 is 2.31 bits per heavy atom. The van der Waals surface area contributed by atoms with E-state index in [-0.39, 0.29) is 12.4 Å². The van der Waals surface area contributed by atoms with E-state index in [2.05, 4.69) is 11.8 Å². The lowest BCUT2D eigenvalue weighted by Gasteiger charge is -2.12. The normalized spacial score (nSPS) is 11.1. The summed E-state index contributed by atoms with van der Waals surface area (Å²) >= 11 is 0. The molecule has 2 aromatic carbocycles. The molecule has 26 heavy (non-hydrogen) atoms. The molecule has 0 amide bonds. The first-order valence-corrected chi connectivity index (χ1v) is 8.50. The summed E-state index contributed by atoms with van der Waals surface area (Å²) in [6.07, 6.45) is 0.0539. The predicted octanol–water partition coefficient (Wildman–Crippen LogP) is 3.80. The van der Waals surface area contributed by atoms with Crippen molar-refractivity contribution >= 4 is 11.8 Å². The molecule has 0 spiro atoms. The van der Waals surface area contributed by atoms with E-state index in [0.29, 0.717) is 25.0 Å². The molecule has 0 fully saturated rings. The molecule has 0 saturated carbocycles. The van der Waals surface area contributed by atoms with E-state index in [0.717, 1.165) is 5.56 Å². The predicted molar refractivity (Wildman–Crippen MR) is 99.4 cm³/mol. The van der Waals surface area contributed by atoms with Gasteiger partial charge in [0.25, 0.3) is 0 Å². The molecule has 0 aliphatic carbocycles. The first-order chi connectivity index (χ1) is 12.6. The minimum Gasteiger partial charge on any atom is -0.446 e. The van der Waals surface area contributed by atoms with Crippen LogP contribution in [0.1, 0.15) is 35.7 Å². The molecule has 0 aliphatic heterocycles. The maximum atomic E-state index is 12.2. The SMILES string of the molecule is CC(=O)CCC(C#CCOCc1ccccc1)OC(=O)c1ccccc1. The van der Waals surface area contributed by atoms with Crippen LogP contribution in [0, 0.1) is 11.8 Å². The van der Waals surface area contributed by atoms with Crippen molar-refractivity contribution in [2.45, 2.75) is 32.5 Å². The van der Waals surface area contributed by atoms with Gasteiger partial charge in [0.1, 0.15) is 12.4 Å². The van der Waals surface area contributed by atoms with E-state index in [9.17, 15) is 9.59 Å². The largest absolute Gasteiger partial charge is 0.446 e. The van der Waals surface area contributed by atoms with E-state index >= 15 is 0 Å². The van der Waals surface area contributed by atoms with E-state index in [1.807, 2.05) is 36.4 Å². The number of carbonyl (C=O) groups excluding carboxylic acids is 2. The van der Waals surface area contributed by atoms with Crippen molar-refractivity contribution in [3.63, 3.8) is 0 Å². The highest BCUT2D eigenvalue weighted by molar-refractivity contribution is 5.89. The molecule has 0 bridgehead atoms. The summed E-state index contributed by atoms with van der Waals surface area (Å²) in [4.78, 5) is 23.4. The number of Topliss-reactive ketones (excluding diaryl/α,β-unsaturated/α-hetero) is 1. The number of esters is 1. The number of rotatable bonds is 8. The smallest absolute Gasteiger partial charge is 0.339 e. The molecule has 1 atom stereocenters. The summed E-state index contributed by atoms with van der Waals surface area (Å²) in [5.41, 5.74) is 1.53. The summed E-state index contributed by atoms with van der Waals surface area (Å²) in [6, 6.07) is 18.5. The third-order valence-corrected chi connectivity index (χ3v) is 3.57. The van der Waals surface area contributed by atoms with Crippen molar-refractivity contribution < 1.29 is 19.1 Å². The zero-order valence-corrected chi connectivity index (χ0v) is 14.8. The van der Waals surface area contributed by atoms with E-state index in [4.69, 9.17) is 9.47 Å². The van der Waals surface area contributed by atoms with Gasteiger partial charge in [-0.1, -0.05) is 60.4 Å². The minimum atomic E-state index is -0.632.